The first-order valence-electron chi connectivity index (χ1n) is 6.91. The number of nitrogens with zero attached hydrogens (tertiary/aromatic N) is 1. The second kappa shape index (κ2) is 6.91. The van der Waals surface area contributed by atoms with Crippen molar-refractivity contribution in [2.24, 2.45) is 5.92 Å². The largest absolute Gasteiger partial charge is 0.468 e. The van der Waals surface area contributed by atoms with Crippen LogP contribution in [0.1, 0.15) is 0 Å². The molecule has 0 aromatic heterocycles. The molecule has 0 unspecified atom stereocenters. The normalized spacial score (nSPS) is 10.4. The number of fused-ring (bicyclic) bond motifs is 1. The van der Waals surface area contributed by atoms with Crippen LogP contribution in [0.3, 0.4) is 0 Å². The number of methoxy groups -OCH3 is 2. The molecule has 0 saturated carbocycles. The quantitative estimate of drug-likeness (QED) is 0.635. The number of carbonyl (C=O) groups is 3. The molecule has 1 amide bonds. The van der Waals surface area contributed by atoms with Gasteiger partial charge in [-0.15, -0.1) is 0 Å². The van der Waals surface area contributed by atoms with Crippen LogP contribution in [0, 0.1) is 5.92 Å². The maximum absolute atomic E-state index is 12.5. The number of carbonyl (C=O) groups excluding carboxylic acids is 3. The topological polar surface area (TPSA) is 72.9 Å². The van der Waals surface area contributed by atoms with Crippen molar-refractivity contribution >= 4 is 34.3 Å². The second-order valence-electron chi connectivity index (χ2n) is 4.91. The minimum absolute atomic E-state index is 0.562. The molecule has 0 bridgehead atoms. The summed E-state index contributed by atoms with van der Waals surface area (Å²) in [5.41, 5.74) is 0.562. The number of hydrogen-bond donors (Lipinski definition) is 0. The number of esters is 2. The molecule has 2 aromatic carbocycles. The van der Waals surface area contributed by atoms with Crippen LogP contribution in [0.5, 0.6) is 0 Å². The lowest BCUT2D eigenvalue weighted by molar-refractivity contribution is -0.161. The first kappa shape index (κ1) is 16.5. The average Bonchev–Trinajstić information content (AvgIpc) is 2.60. The van der Waals surface area contributed by atoms with Gasteiger partial charge in [0.25, 0.3) is 5.91 Å². The molecule has 0 aliphatic carbocycles. The summed E-state index contributed by atoms with van der Waals surface area (Å²) in [6.07, 6.45) is 0. The number of hydrogen-bond acceptors (Lipinski definition) is 5. The lowest BCUT2D eigenvalue weighted by Crippen LogP contribution is -2.42. The van der Waals surface area contributed by atoms with E-state index >= 15 is 0 Å². The van der Waals surface area contributed by atoms with Crippen LogP contribution in [0.4, 0.5) is 5.69 Å². The van der Waals surface area contributed by atoms with E-state index in [0.717, 1.165) is 25.0 Å². The van der Waals surface area contributed by atoms with Gasteiger partial charge >= 0.3 is 11.9 Å². The van der Waals surface area contributed by atoms with E-state index in [1.54, 1.807) is 12.1 Å². The predicted molar refractivity (Wildman–Crippen MR) is 84.9 cm³/mol. The Morgan fingerprint density at radius 3 is 2.04 bits per heavy atom. The van der Waals surface area contributed by atoms with Gasteiger partial charge < -0.3 is 14.4 Å². The zero-order valence-corrected chi connectivity index (χ0v) is 13.1. The van der Waals surface area contributed by atoms with Gasteiger partial charge in [0.05, 0.1) is 14.2 Å². The van der Waals surface area contributed by atoms with Crippen molar-refractivity contribution in [3.8, 4) is 0 Å². The molecule has 0 saturated heterocycles. The van der Waals surface area contributed by atoms with E-state index in [4.69, 9.17) is 0 Å². The third-order valence-electron chi connectivity index (χ3n) is 3.57. The summed E-state index contributed by atoms with van der Waals surface area (Å²) >= 11 is 0. The van der Waals surface area contributed by atoms with Gasteiger partial charge in [-0.1, -0.05) is 30.3 Å². The molecule has 0 radical (unpaired) electrons. The Balaban J connectivity index is 2.35. The highest BCUT2D eigenvalue weighted by Crippen LogP contribution is 2.23. The molecule has 0 atom stereocenters. The van der Waals surface area contributed by atoms with Crippen LogP contribution in [0.25, 0.3) is 10.8 Å². The lowest BCUT2D eigenvalue weighted by atomic mass is 10.1. The molecule has 0 spiro atoms. The number of ether oxygens (including phenoxy) is 2. The summed E-state index contributed by atoms with van der Waals surface area (Å²) < 4.78 is 9.05. The first-order valence-corrected chi connectivity index (χ1v) is 6.91. The molecule has 0 heterocycles. The van der Waals surface area contributed by atoms with Crippen LogP contribution in [0.15, 0.2) is 42.5 Å². The molecule has 2 aromatic rings. The van der Waals surface area contributed by atoms with E-state index in [-0.39, 0.29) is 0 Å². The fraction of sp³-hybridized carbons (Fsp3) is 0.235. The number of benzene rings is 2. The monoisotopic (exact) mass is 315 g/mol. The summed E-state index contributed by atoms with van der Waals surface area (Å²) in [6.45, 7) is 0. The molecule has 0 aliphatic rings. The van der Waals surface area contributed by atoms with Crippen LogP contribution < -0.4 is 4.90 Å². The van der Waals surface area contributed by atoms with Crippen molar-refractivity contribution < 1.29 is 23.9 Å². The second-order valence-corrected chi connectivity index (χ2v) is 4.91. The van der Waals surface area contributed by atoms with Crippen molar-refractivity contribution in [2.75, 3.05) is 26.2 Å². The zero-order chi connectivity index (χ0) is 17.0. The Morgan fingerprint density at radius 1 is 0.913 bits per heavy atom. The molecule has 0 aliphatic heterocycles. The van der Waals surface area contributed by atoms with E-state index in [0.29, 0.717) is 5.69 Å². The summed E-state index contributed by atoms with van der Waals surface area (Å²) in [4.78, 5) is 37.2. The van der Waals surface area contributed by atoms with Crippen molar-refractivity contribution in [1.82, 2.24) is 0 Å². The summed E-state index contributed by atoms with van der Waals surface area (Å²) in [6, 6.07) is 13.1. The van der Waals surface area contributed by atoms with E-state index in [9.17, 15) is 14.4 Å². The average molecular weight is 315 g/mol. The van der Waals surface area contributed by atoms with Gasteiger partial charge in [-0.25, -0.2) is 0 Å². The molecule has 2 rings (SSSR count). The smallest absolute Gasteiger partial charge is 0.329 e. The highest BCUT2D eigenvalue weighted by Gasteiger charge is 2.38. The van der Waals surface area contributed by atoms with Gasteiger partial charge in [0, 0.05) is 12.7 Å². The van der Waals surface area contributed by atoms with Crippen LogP contribution in [-0.2, 0) is 23.9 Å². The Morgan fingerprint density at radius 2 is 1.48 bits per heavy atom. The Labute approximate surface area is 133 Å². The van der Waals surface area contributed by atoms with Gasteiger partial charge in [-0.3, -0.25) is 14.4 Å². The fourth-order valence-electron chi connectivity index (χ4n) is 2.24. The van der Waals surface area contributed by atoms with Gasteiger partial charge in [-0.2, -0.15) is 0 Å². The fourth-order valence-corrected chi connectivity index (χ4v) is 2.24. The molecule has 0 N–H and O–H groups in total. The number of amides is 1. The SMILES string of the molecule is COC(=O)C(C(=O)OC)C(=O)N(C)c1ccc2ccccc2c1. The van der Waals surface area contributed by atoms with Gasteiger partial charge in [0.15, 0.2) is 0 Å². The zero-order valence-electron chi connectivity index (χ0n) is 13.1. The van der Waals surface area contributed by atoms with Crippen LogP contribution in [-0.4, -0.2) is 39.1 Å². The lowest BCUT2D eigenvalue weighted by Gasteiger charge is -2.21. The standard InChI is InChI=1S/C17H17NO5/c1-18(15(19)14(16(20)22-2)17(21)23-3)13-9-8-11-6-4-5-7-12(11)10-13/h4-10,14H,1-3H3. The third-order valence-corrected chi connectivity index (χ3v) is 3.57. The number of anilines is 1. The highest BCUT2D eigenvalue weighted by molar-refractivity contribution is 6.19. The highest BCUT2D eigenvalue weighted by atomic mass is 16.5. The van der Waals surface area contributed by atoms with Gasteiger partial charge in [-0.05, 0) is 22.9 Å². The molecule has 6 nitrogen and oxygen atoms in total. The van der Waals surface area contributed by atoms with Crippen LogP contribution in [0.2, 0.25) is 0 Å². The van der Waals surface area contributed by atoms with Gasteiger partial charge in [0.1, 0.15) is 0 Å². The minimum Gasteiger partial charge on any atom is -0.468 e. The van der Waals surface area contributed by atoms with Crippen molar-refractivity contribution in [3.05, 3.63) is 42.5 Å². The third kappa shape index (κ3) is 3.31. The first-order chi connectivity index (χ1) is 11.0. The Hall–Kier alpha value is -2.89. The van der Waals surface area contributed by atoms with Crippen molar-refractivity contribution in [1.29, 1.82) is 0 Å². The summed E-state index contributed by atoms with van der Waals surface area (Å²) in [7, 11) is 3.72. The molecular weight excluding hydrogens is 298 g/mol. The van der Waals surface area contributed by atoms with Crippen molar-refractivity contribution in [3.63, 3.8) is 0 Å². The summed E-state index contributed by atoms with van der Waals surface area (Å²) in [5, 5.41) is 1.96. The van der Waals surface area contributed by atoms with E-state index in [1.807, 2.05) is 30.3 Å². The Kier molecular flexibility index (Phi) is 4.95. The van der Waals surface area contributed by atoms with E-state index in [2.05, 4.69) is 9.47 Å². The molecule has 0 fully saturated rings. The maximum Gasteiger partial charge on any atom is 0.329 e. The molecular formula is C17H17NO5. The summed E-state index contributed by atoms with van der Waals surface area (Å²) in [5.74, 6) is -4.25. The molecule has 120 valence electrons. The van der Waals surface area contributed by atoms with E-state index in [1.165, 1.54) is 11.9 Å². The molecule has 23 heavy (non-hydrogen) atoms. The Bertz CT molecular complexity index is 739. The predicted octanol–water partition coefficient (Wildman–Crippen LogP) is 1.76. The minimum atomic E-state index is -1.64. The van der Waals surface area contributed by atoms with Crippen molar-refractivity contribution in [2.45, 2.75) is 0 Å². The van der Waals surface area contributed by atoms with Gasteiger partial charge in [0.2, 0.25) is 5.92 Å². The van der Waals surface area contributed by atoms with Crippen LogP contribution >= 0.6 is 0 Å². The van der Waals surface area contributed by atoms with E-state index < -0.39 is 23.8 Å². The molecule has 6 heteroatoms. The maximum atomic E-state index is 12.5. The number of rotatable bonds is 4.